The number of carbonyl (C=O) groups is 1. The predicted octanol–water partition coefficient (Wildman–Crippen LogP) is 2.09. The summed E-state index contributed by atoms with van der Waals surface area (Å²) < 4.78 is 13.6. The van der Waals surface area contributed by atoms with E-state index in [2.05, 4.69) is 5.32 Å². The normalized spacial score (nSPS) is 12.4. The molecule has 2 rings (SSSR count). The van der Waals surface area contributed by atoms with Crippen molar-refractivity contribution in [3.63, 3.8) is 0 Å². The number of hydrogen-bond donors (Lipinski definition) is 2. The predicted molar refractivity (Wildman–Crippen MR) is 67.9 cm³/mol. The summed E-state index contributed by atoms with van der Waals surface area (Å²) in [5.41, 5.74) is 0.410. The second-order valence-electron chi connectivity index (χ2n) is 4.20. The Balaban J connectivity index is 2.45. The molecule has 0 aliphatic rings. The molecule has 0 radical (unpaired) electrons. The van der Waals surface area contributed by atoms with Crippen molar-refractivity contribution in [3.05, 3.63) is 47.8 Å². The lowest BCUT2D eigenvalue weighted by Gasteiger charge is -2.12. The van der Waals surface area contributed by atoms with Crippen LogP contribution in [0.4, 0.5) is 4.39 Å². The van der Waals surface area contributed by atoms with Gasteiger partial charge in [0.25, 0.3) is 5.91 Å². The molecule has 2 N–H and O–H groups in total. The van der Waals surface area contributed by atoms with E-state index in [-0.39, 0.29) is 24.4 Å². The maximum atomic E-state index is 13.6. The largest absolute Gasteiger partial charge is 0.394 e. The molecular formula is C14H14FNO2. The summed E-state index contributed by atoms with van der Waals surface area (Å²) in [4.78, 5) is 12.0. The molecule has 0 fully saturated rings. The second-order valence-corrected chi connectivity index (χ2v) is 4.20. The first-order chi connectivity index (χ1) is 8.63. The summed E-state index contributed by atoms with van der Waals surface area (Å²) in [5, 5.41) is 12.5. The van der Waals surface area contributed by atoms with Crippen LogP contribution < -0.4 is 5.32 Å². The number of rotatable bonds is 3. The number of benzene rings is 2. The van der Waals surface area contributed by atoms with Gasteiger partial charge in [0.1, 0.15) is 5.82 Å². The van der Waals surface area contributed by atoms with E-state index in [1.54, 1.807) is 31.2 Å². The summed E-state index contributed by atoms with van der Waals surface area (Å²) in [7, 11) is 0. The van der Waals surface area contributed by atoms with Gasteiger partial charge in [-0.1, -0.05) is 24.3 Å². The van der Waals surface area contributed by atoms with Crippen molar-refractivity contribution in [2.45, 2.75) is 13.0 Å². The molecule has 3 nitrogen and oxygen atoms in total. The number of aliphatic hydroxyl groups excluding tert-OH is 1. The van der Waals surface area contributed by atoms with Crippen LogP contribution in [0.15, 0.2) is 36.4 Å². The Kier molecular flexibility index (Phi) is 3.58. The minimum Gasteiger partial charge on any atom is -0.394 e. The molecule has 0 aliphatic heterocycles. The molecule has 0 bridgehead atoms. The van der Waals surface area contributed by atoms with Gasteiger partial charge in [-0.15, -0.1) is 0 Å². The van der Waals surface area contributed by atoms with Crippen molar-refractivity contribution in [2.75, 3.05) is 6.61 Å². The average molecular weight is 247 g/mol. The van der Waals surface area contributed by atoms with Gasteiger partial charge in [-0.05, 0) is 24.4 Å². The number of carbonyl (C=O) groups excluding carboxylic acids is 1. The molecule has 1 unspecified atom stereocenters. The minimum absolute atomic E-state index is 0.134. The smallest absolute Gasteiger partial charge is 0.252 e. The molecule has 0 heterocycles. The Morgan fingerprint density at radius 3 is 2.61 bits per heavy atom. The summed E-state index contributed by atoms with van der Waals surface area (Å²) in [6, 6.07) is 9.23. The summed E-state index contributed by atoms with van der Waals surface area (Å²) in [6.07, 6.45) is 0. The maximum absolute atomic E-state index is 13.6. The Labute approximate surface area is 104 Å². The Bertz CT molecular complexity index is 583. The Morgan fingerprint density at radius 2 is 1.94 bits per heavy atom. The zero-order valence-electron chi connectivity index (χ0n) is 9.98. The third kappa shape index (κ3) is 2.33. The van der Waals surface area contributed by atoms with Crippen LogP contribution in [0.3, 0.4) is 0 Å². The second kappa shape index (κ2) is 5.14. The van der Waals surface area contributed by atoms with Crippen LogP contribution in [0.2, 0.25) is 0 Å². The van der Waals surface area contributed by atoms with Crippen molar-refractivity contribution < 1.29 is 14.3 Å². The van der Waals surface area contributed by atoms with Gasteiger partial charge >= 0.3 is 0 Å². The number of fused-ring (bicyclic) bond motifs is 1. The van der Waals surface area contributed by atoms with E-state index in [4.69, 9.17) is 5.11 Å². The van der Waals surface area contributed by atoms with E-state index in [9.17, 15) is 9.18 Å². The van der Waals surface area contributed by atoms with E-state index in [1.807, 2.05) is 0 Å². The fourth-order valence-electron chi connectivity index (χ4n) is 1.81. The monoisotopic (exact) mass is 247 g/mol. The molecule has 1 amide bonds. The van der Waals surface area contributed by atoms with Crippen LogP contribution in [0.1, 0.15) is 17.3 Å². The van der Waals surface area contributed by atoms with Crippen LogP contribution in [-0.4, -0.2) is 23.7 Å². The number of halogens is 1. The van der Waals surface area contributed by atoms with Crippen LogP contribution in [0.5, 0.6) is 0 Å². The number of aliphatic hydroxyl groups is 1. The highest BCUT2D eigenvalue weighted by molar-refractivity contribution is 6.07. The quantitative estimate of drug-likeness (QED) is 0.872. The van der Waals surface area contributed by atoms with E-state index in [1.165, 1.54) is 12.1 Å². The van der Waals surface area contributed by atoms with Gasteiger partial charge in [0.15, 0.2) is 0 Å². The van der Waals surface area contributed by atoms with E-state index in [0.717, 1.165) is 0 Å². The fourth-order valence-corrected chi connectivity index (χ4v) is 1.81. The van der Waals surface area contributed by atoms with E-state index in [0.29, 0.717) is 16.3 Å². The van der Waals surface area contributed by atoms with Crippen molar-refractivity contribution in [1.82, 2.24) is 5.32 Å². The molecule has 0 saturated carbocycles. The van der Waals surface area contributed by atoms with Crippen molar-refractivity contribution in [3.8, 4) is 0 Å². The zero-order valence-corrected chi connectivity index (χ0v) is 9.98. The molecule has 94 valence electrons. The highest BCUT2D eigenvalue weighted by atomic mass is 19.1. The highest BCUT2D eigenvalue weighted by Gasteiger charge is 2.13. The van der Waals surface area contributed by atoms with Crippen LogP contribution in [0, 0.1) is 5.82 Å². The van der Waals surface area contributed by atoms with E-state index < -0.39 is 0 Å². The first-order valence-electron chi connectivity index (χ1n) is 5.72. The molecular weight excluding hydrogens is 233 g/mol. The van der Waals surface area contributed by atoms with E-state index >= 15 is 0 Å². The van der Waals surface area contributed by atoms with Gasteiger partial charge in [-0.25, -0.2) is 4.39 Å². The Hall–Kier alpha value is -1.94. The fraction of sp³-hybridized carbons (Fsp3) is 0.214. The van der Waals surface area contributed by atoms with Crippen LogP contribution >= 0.6 is 0 Å². The van der Waals surface area contributed by atoms with Crippen LogP contribution in [0.25, 0.3) is 10.8 Å². The van der Waals surface area contributed by atoms with Gasteiger partial charge in [0, 0.05) is 17.0 Å². The third-order valence-corrected chi connectivity index (χ3v) is 2.77. The van der Waals surface area contributed by atoms with Crippen molar-refractivity contribution in [2.24, 2.45) is 0 Å². The lowest BCUT2D eigenvalue weighted by atomic mass is 10.0. The summed E-state index contributed by atoms with van der Waals surface area (Å²) in [6.45, 7) is 1.56. The van der Waals surface area contributed by atoms with Gasteiger partial charge in [0.2, 0.25) is 0 Å². The van der Waals surface area contributed by atoms with Crippen molar-refractivity contribution in [1.29, 1.82) is 0 Å². The topological polar surface area (TPSA) is 49.3 Å². The maximum Gasteiger partial charge on any atom is 0.252 e. The molecule has 0 spiro atoms. The molecule has 4 heteroatoms. The van der Waals surface area contributed by atoms with Gasteiger partial charge in [-0.3, -0.25) is 4.79 Å². The summed E-state index contributed by atoms with van der Waals surface area (Å²) >= 11 is 0. The SMILES string of the molecule is CC(CO)NC(=O)c1ccc(F)c2ccccc12. The third-order valence-electron chi connectivity index (χ3n) is 2.77. The molecule has 2 aromatic rings. The van der Waals surface area contributed by atoms with Crippen LogP contribution in [-0.2, 0) is 0 Å². The first-order valence-corrected chi connectivity index (χ1v) is 5.72. The summed E-state index contributed by atoms with van der Waals surface area (Å²) in [5.74, 6) is -0.662. The van der Waals surface area contributed by atoms with Gasteiger partial charge < -0.3 is 10.4 Å². The number of amides is 1. The number of hydrogen-bond acceptors (Lipinski definition) is 2. The molecule has 0 aliphatic carbocycles. The molecule has 0 saturated heterocycles. The average Bonchev–Trinajstić information content (AvgIpc) is 2.39. The zero-order chi connectivity index (χ0) is 13.1. The van der Waals surface area contributed by atoms with Gasteiger partial charge in [-0.2, -0.15) is 0 Å². The minimum atomic E-state index is -0.350. The lowest BCUT2D eigenvalue weighted by Crippen LogP contribution is -2.35. The molecule has 18 heavy (non-hydrogen) atoms. The van der Waals surface area contributed by atoms with Gasteiger partial charge in [0.05, 0.1) is 6.61 Å². The molecule has 1 atom stereocenters. The lowest BCUT2D eigenvalue weighted by molar-refractivity contribution is 0.0924. The molecule has 0 aromatic heterocycles. The first kappa shape index (κ1) is 12.5. The number of nitrogens with one attached hydrogen (secondary N) is 1. The van der Waals surface area contributed by atoms with Crippen molar-refractivity contribution >= 4 is 16.7 Å². The standard InChI is InChI=1S/C14H14FNO2/c1-9(8-17)16-14(18)12-6-7-13(15)11-5-3-2-4-10(11)12/h2-7,9,17H,8H2,1H3,(H,16,18). The molecule has 2 aromatic carbocycles. The Morgan fingerprint density at radius 1 is 1.28 bits per heavy atom. The highest BCUT2D eigenvalue weighted by Crippen LogP contribution is 2.21.